The Morgan fingerprint density at radius 3 is 2.69 bits per heavy atom. The average molecular weight is 223 g/mol. The molecule has 16 heavy (non-hydrogen) atoms. The van der Waals surface area contributed by atoms with Crippen molar-refractivity contribution in [2.45, 2.75) is 25.4 Å². The maximum atomic E-state index is 14.5. The van der Waals surface area contributed by atoms with Gasteiger partial charge in [-0.15, -0.1) is 0 Å². The fraction of sp³-hybridized carbons (Fsp3) is 0.538. The van der Waals surface area contributed by atoms with Gasteiger partial charge in [0.1, 0.15) is 11.4 Å². The standard InChI is InChI=1S/C13H18FNO/c1-13(14,11-6-7-15-9-11)8-10-2-4-12(16)5-3-10/h2-5,11,15-16H,6-9H2,1H3. The summed E-state index contributed by atoms with van der Waals surface area (Å²) in [5.74, 6) is 0.327. The molecule has 1 aliphatic rings. The Hall–Kier alpha value is -1.09. The van der Waals surface area contributed by atoms with E-state index in [9.17, 15) is 4.39 Å². The van der Waals surface area contributed by atoms with Gasteiger partial charge < -0.3 is 10.4 Å². The van der Waals surface area contributed by atoms with Crippen molar-refractivity contribution in [2.75, 3.05) is 13.1 Å². The Labute approximate surface area is 95.5 Å². The third kappa shape index (κ3) is 2.53. The van der Waals surface area contributed by atoms with Crippen molar-refractivity contribution in [1.82, 2.24) is 5.32 Å². The zero-order chi connectivity index (χ0) is 11.6. The van der Waals surface area contributed by atoms with Crippen LogP contribution in [0.1, 0.15) is 18.9 Å². The van der Waals surface area contributed by atoms with Crippen LogP contribution in [-0.2, 0) is 6.42 Å². The highest BCUT2D eigenvalue weighted by Crippen LogP contribution is 2.31. The Morgan fingerprint density at radius 1 is 1.44 bits per heavy atom. The number of alkyl halides is 1. The normalized spacial score (nSPS) is 24.2. The van der Waals surface area contributed by atoms with Gasteiger partial charge in [-0.25, -0.2) is 4.39 Å². The van der Waals surface area contributed by atoms with Crippen molar-refractivity contribution < 1.29 is 9.50 Å². The number of phenols is 1. The summed E-state index contributed by atoms with van der Waals surface area (Å²) < 4.78 is 14.5. The van der Waals surface area contributed by atoms with E-state index in [-0.39, 0.29) is 11.7 Å². The largest absolute Gasteiger partial charge is 0.508 e. The fourth-order valence-corrected chi connectivity index (χ4v) is 2.33. The molecule has 2 unspecified atom stereocenters. The Kier molecular flexibility index (Phi) is 3.15. The van der Waals surface area contributed by atoms with Crippen LogP contribution in [0.25, 0.3) is 0 Å². The molecular weight excluding hydrogens is 205 g/mol. The van der Waals surface area contributed by atoms with Gasteiger partial charge in [-0.1, -0.05) is 12.1 Å². The SMILES string of the molecule is CC(F)(Cc1ccc(O)cc1)C1CCNC1. The van der Waals surface area contributed by atoms with Crippen LogP contribution in [0.2, 0.25) is 0 Å². The van der Waals surface area contributed by atoms with Gasteiger partial charge >= 0.3 is 0 Å². The molecule has 1 aliphatic heterocycles. The lowest BCUT2D eigenvalue weighted by Gasteiger charge is -2.26. The molecule has 1 aromatic carbocycles. The van der Waals surface area contributed by atoms with Gasteiger partial charge in [0.25, 0.3) is 0 Å². The molecule has 2 atom stereocenters. The van der Waals surface area contributed by atoms with E-state index >= 15 is 0 Å². The third-order valence-corrected chi connectivity index (χ3v) is 3.40. The molecule has 0 aromatic heterocycles. The van der Waals surface area contributed by atoms with E-state index in [2.05, 4.69) is 5.32 Å². The second-order valence-corrected chi connectivity index (χ2v) is 4.81. The van der Waals surface area contributed by atoms with Gasteiger partial charge in [0.15, 0.2) is 0 Å². The number of halogens is 1. The zero-order valence-corrected chi connectivity index (χ0v) is 9.54. The number of phenolic OH excluding ortho intramolecular Hbond substituents is 1. The molecule has 3 heteroatoms. The second-order valence-electron chi connectivity index (χ2n) is 4.81. The lowest BCUT2D eigenvalue weighted by atomic mass is 9.85. The number of nitrogens with one attached hydrogen (secondary N) is 1. The fourth-order valence-electron chi connectivity index (χ4n) is 2.33. The molecule has 1 fully saturated rings. The van der Waals surface area contributed by atoms with E-state index in [1.807, 2.05) is 0 Å². The minimum Gasteiger partial charge on any atom is -0.508 e. The zero-order valence-electron chi connectivity index (χ0n) is 9.54. The van der Waals surface area contributed by atoms with Gasteiger partial charge in [-0.2, -0.15) is 0 Å². The minimum absolute atomic E-state index is 0.0984. The first-order valence-corrected chi connectivity index (χ1v) is 5.75. The maximum Gasteiger partial charge on any atom is 0.116 e. The van der Waals surface area contributed by atoms with Crippen molar-refractivity contribution >= 4 is 0 Å². The van der Waals surface area contributed by atoms with Gasteiger partial charge in [0.2, 0.25) is 0 Å². The molecule has 0 spiro atoms. The highest BCUT2D eigenvalue weighted by atomic mass is 19.1. The van der Waals surface area contributed by atoms with Gasteiger partial charge in [0.05, 0.1) is 0 Å². The Balaban J connectivity index is 2.04. The molecule has 0 bridgehead atoms. The van der Waals surface area contributed by atoms with E-state index in [0.29, 0.717) is 6.42 Å². The Bertz CT molecular complexity index is 341. The number of hydrogen-bond donors (Lipinski definition) is 2. The monoisotopic (exact) mass is 223 g/mol. The van der Waals surface area contributed by atoms with E-state index in [1.54, 1.807) is 31.2 Å². The molecule has 0 aliphatic carbocycles. The number of benzene rings is 1. The van der Waals surface area contributed by atoms with Crippen LogP contribution < -0.4 is 5.32 Å². The van der Waals surface area contributed by atoms with Crippen LogP contribution in [0.15, 0.2) is 24.3 Å². The van der Waals surface area contributed by atoms with E-state index < -0.39 is 5.67 Å². The maximum absolute atomic E-state index is 14.5. The van der Waals surface area contributed by atoms with Gasteiger partial charge in [-0.05, 0) is 37.6 Å². The molecule has 2 N–H and O–H groups in total. The quantitative estimate of drug-likeness (QED) is 0.824. The van der Waals surface area contributed by atoms with E-state index in [4.69, 9.17) is 5.11 Å². The van der Waals surface area contributed by atoms with Crippen LogP contribution in [0, 0.1) is 5.92 Å². The van der Waals surface area contributed by atoms with E-state index in [1.165, 1.54) is 0 Å². The van der Waals surface area contributed by atoms with Crippen molar-refractivity contribution in [3.63, 3.8) is 0 Å². The molecule has 0 radical (unpaired) electrons. The summed E-state index contributed by atoms with van der Waals surface area (Å²) in [5, 5.41) is 12.4. The predicted molar refractivity (Wildman–Crippen MR) is 62.3 cm³/mol. The van der Waals surface area contributed by atoms with Crippen LogP contribution in [0.3, 0.4) is 0 Å². The first-order valence-electron chi connectivity index (χ1n) is 5.75. The summed E-state index contributed by atoms with van der Waals surface area (Å²) in [6, 6.07) is 6.79. The highest BCUT2D eigenvalue weighted by Gasteiger charge is 2.36. The summed E-state index contributed by atoms with van der Waals surface area (Å²) >= 11 is 0. The van der Waals surface area contributed by atoms with Crippen LogP contribution >= 0.6 is 0 Å². The molecule has 88 valence electrons. The molecule has 0 saturated carbocycles. The van der Waals surface area contributed by atoms with Gasteiger partial charge in [0, 0.05) is 18.9 Å². The predicted octanol–water partition coefficient (Wildman–Crippen LogP) is 2.27. The highest BCUT2D eigenvalue weighted by molar-refractivity contribution is 5.27. The number of hydrogen-bond acceptors (Lipinski definition) is 2. The van der Waals surface area contributed by atoms with Crippen molar-refractivity contribution in [2.24, 2.45) is 5.92 Å². The molecule has 2 rings (SSSR count). The number of aromatic hydroxyl groups is 1. The molecule has 1 aromatic rings. The summed E-state index contributed by atoms with van der Waals surface area (Å²) in [7, 11) is 0. The van der Waals surface area contributed by atoms with Crippen LogP contribution in [0.5, 0.6) is 5.75 Å². The molecule has 1 heterocycles. The van der Waals surface area contributed by atoms with E-state index in [0.717, 1.165) is 25.1 Å². The van der Waals surface area contributed by atoms with Crippen molar-refractivity contribution in [3.8, 4) is 5.75 Å². The molecule has 1 saturated heterocycles. The minimum atomic E-state index is -1.17. The average Bonchev–Trinajstić information content (AvgIpc) is 2.75. The summed E-state index contributed by atoms with van der Waals surface area (Å²) in [5.41, 5.74) is -0.227. The van der Waals surface area contributed by atoms with Gasteiger partial charge in [-0.3, -0.25) is 0 Å². The summed E-state index contributed by atoms with van der Waals surface area (Å²) in [6.45, 7) is 3.36. The summed E-state index contributed by atoms with van der Waals surface area (Å²) in [6.07, 6.45) is 1.32. The first kappa shape index (κ1) is 11.4. The smallest absolute Gasteiger partial charge is 0.116 e. The van der Waals surface area contributed by atoms with Crippen LogP contribution in [-0.4, -0.2) is 23.9 Å². The number of rotatable bonds is 3. The molecular formula is C13H18FNO. The van der Waals surface area contributed by atoms with Crippen molar-refractivity contribution in [3.05, 3.63) is 29.8 Å². The van der Waals surface area contributed by atoms with Crippen molar-refractivity contribution in [1.29, 1.82) is 0 Å². The van der Waals surface area contributed by atoms with Crippen LogP contribution in [0.4, 0.5) is 4.39 Å². The molecule has 0 amide bonds. The lowest BCUT2D eigenvalue weighted by Crippen LogP contribution is -2.33. The topological polar surface area (TPSA) is 32.3 Å². The third-order valence-electron chi connectivity index (χ3n) is 3.40. The lowest BCUT2D eigenvalue weighted by molar-refractivity contribution is 0.113. The molecule has 2 nitrogen and oxygen atoms in total. The Morgan fingerprint density at radius 2 is 2.12 bits per heavy atom. The summed E-state index contributed by atoms with van der Waals surface area (Å²) in [4.78, 5) is 0. The first-order chi connectivity index (χ1) is 7.58. The second kappa shape index (κ2) is 4.42.